The molecule has 0 spiro atoms. The zero-order valence-corrected chi connectivity index (χ0v) is 11.7. The van der Waals surface area contributed by atoms with Gasteiger partial charge in [0.15, 0.2) is 0 Å². The zero-order chi connectivity index (χ0) is 12.8. The number of carbonyl (C=O) groups excluding carboxylic acids is 1. The van der Waals surface area contributed by atoms with E-state index in [0.29, 0.717) is 19.1 Å². The number of esters is 1. The molecule has 0 heterocycles. The van der Waals surface area contributed by atoms with Crippen molar-refractivity contribution in [2.75, 3.05) is 20.2 Å². The SMILES string of the molecule is CCOC(=O)CCN(C)C1CCC(C)C(C)C1. The first-order valence-electron chi connectivity index (χ1n) is 6.90. The first-order valence-corrected chi connectivity index (χ1v) is 6.90. The van der Waals surface area contributed by atoms with E-state index in [-0.39, 0.29) is 5.97 Å². The van der Waals surface area contributed by atoms with Crippen molar-refractivity contribution in [3.63, 3.8) is 0 Å². The summed E-state index contributed by atoms with van der Waals surface area (Å²) in [6.07, 6.45) is 4.37. The van der Waals surface area contributed by atoms with E-state index in [1.54, 1.807) is 0 Å². The van der Waals surface area contributed by atoms with Gasteiger partial charge in [0.2, 0.25) is 0 Å². The van der Waals surface area contributed by atoms with Crippen molar-refractivity contribution in [3.8, 4) is 0 Å². The summed E-state index contributed by atoms with van der Waals surface area (Å²) in [4.78, 5) is 13.6. The van der Waals surface area contributed by atoms with Gasteiger partial charge in [0, 0.05) is 12.6 Å². The molecule has 1 aliphatic rings. The van der Waals surface area contributed by atoms with Crippen LogP contribution in [0.1, 0.15) is 46.5 Å². The third-order valence-corrected chi connectivity index (χ3v) is 4.17. The monoisotopic (exact) mass is 241 g/mol. The lowest BCUT2D eigenvalue weighted by atomic mass is 9.78. The van der Waals surface area contributed by atoms with Crippen molar-refractivity contribution < 1.29 is 9.53 Å². The molecule has 0 amide bonds. The fraction of sp³-hybridized carbons (Fsp3) is 0.929. The summed E-state index contributed by atoms with van der Waals surface area (Å²) in [5, 5.41) is 0. The van der Waals surface area contributed by atoms with Gasteiger partial charge in [-0.15, -0.1) is 0 Å². The van der Waals surface area contributed by atoms with Gasteiger partial charge < -0.3 is 9.64 Å². The lowest BCUT2D eigenvalue weighted by molar-refractivity contribution is -0.143. The van der Waals surface area contributed by atoms with E-state index in [1.165, 1.54) is 19.3 Å². The Kier molecular flexibility index (Phi) is 5.96. The Morgan fingerprint density at radius 1 is 1.29 bits per heavy atom. The van der Waals surface area contributed by atoms with Crippen LogP contribution in [0, 0.1) is 11.8 Å². The molecule has 3 unspecified atom stereocenters. The van der Waals surface area contributed by atoms with Crippen LogP contribution in [0.25, 0.3) is 0 Å². The maximum atomic E-state index is 11.3. The van der Waals surface area contributed by atoms with Crippen molar-refractivity contribution in [3.05, 3.63) is 0 Å². The van der Waals surface area contributed by atoms with Gasteiger partial charge in [0.1, 0.15) is 0 Å². The molecule has 3 heteroatoms. The molecule has 0 bridgehead atoms. The standard InChI is InChI=1S/C14H27NO2/c1-5-17-14(16)8-9-15(4)13-7-6-11(2)12(3)10-13/h11-13H,5-10H2,1-4H3. The summed E-state index contributed by atoms with van der Waals surface area (Å²) in [5.41, 5.74) is 0. The molecule has 17 heavy (non-hydrogen) atoms. The average Bonchev–Trinajstić information content (AvgIpc) is 2.30. The second kappa shape index (κ2) is 7.00. The second-order valence-electron chi connectivity index (χ2n) is 5.46. The summed E-state index contributed by atoms with van der Waals surface area (Å²) < 4.78 is 4.95. The van der Waals surface area contributed by atoms with E-state index < -0.39 is 0 Å². The van der Waals surface area contributed by atoms with Crippen molar-refractivity contribution in [1.29, 1.82) is 0 Å². The van der Waals surface area contributed by atoms with Gasteiger partial charge in [-0.25, -0.2) is 0 Å². The molecule has 1 rings (SSSR count). The van der Waals surface area contributed by atoms with Crippen LogP contribution < -0.4 is 0 Å². The van der Waals surface area contributed by atoms with Gasteiger partial charge in [-0.1, -0.05) is 13.8 Å². The highest BCUT2D eigenvalue weighted by atomic mass is 16.5. The van der Waals surface area contributed by atoms with Gasteiger partial charge in [0.05, 0.1) is 13.0 Å². The van der Waals surface area contributed by atoms with E-state index in [9.17, 15) is 4.79 Å². The van der Waals surface area contributed by atoms with Crippen molar-refractivity contribution in [1.82, 2.24) is 4.90 Å². The largest absolute Gasteiger partial charge is 0.466 e. The minimum atomic E-state index is -0.0726. The Morgan fingerprint density at radius 3 is 2.59 bits per heavy atom. The number of hydrogen-bond donors (Lipinski definition) is 0. The lowest BCUT2D eigenvalue weighted by Gasteiger charge is -2.37. The molecule has 0 N–H and O–H groups in total. The quantitative estimate of drug-likeness (QED) is 0.693. The van der Waals surface area contributed by atoms with Crippen molar-refractivity contribution >= 4 is 5.97 Å². The molecule has 0 aliphatic heterocycles. The molecule has 0 radical (unpaired) electrons. The highest BCUT2D eigenvalue weighted by Gasteiger charge is 2.26. The minimum absolute atomic E-state index is 0.0726. The number of nitrogens with zero attached hydrogens (tertiary/aromatic N) is 1. The molecule has 100 valence electrons. The smallest absolute Gasteiger partial charge is 0.307 e. The fourth-order valence-electron chi connectivity index (χ4n) is 2.60. The van der Waals surface area contributed by atoms with Crippen LogP contribution >= 0.6 is 0 Å². The molecule has 1 saturated carbocycles. The van der Waals surface area contributed by atoms with E-state index in [0.717, 1.165) is 18.4 Å². The molecule has 0 aromatic carbocycles. The Balaban J connectivity index is 2.28. The number of hydrogen-bond acceptors (Lipinski definition) is 3. The summed E-state index contributed by atoms with van der Waals surface area (Å²) in [7, 11) is 2.13. The minimum Gasteiger partial charge on any atom is -0.466 e. The fourth-order valence-corrected chi connectivity index (χ4v) is 2.60. The van der Waals surface area contributed by atoms with E-state index in [4.69, 9.17) is 4.74 Å². The summed E-state index contributed by atoms with van der Waals surface area (Å²) >= 11 is 0. The summed E-state index contributed by atoms with van der Waals surface area (Å²) in [6.45, 7) is 7.85. The van der Waals surface area contributed by atoms with Crippen LogP contribution in [0.4, 0.5) is 0 Å². The Hall–Kier alpha value is -0.570. The van der Waals surface area contributed by atoms with Gasteiger partial charge in [-0.3, -0.25) is 4.79 Å². The first kappa shape index (κ1) is 14.5. The Labute approximate surface area is 106 Å². The number of carbonyl (C=O) groups is 1. The van der Waals surface area contributed by atoms with Crippen LogP contribution in [0.2, 0.25) is 0 Å². The second-order valence-corrected chi connectivity index (χ2v) is 5.46. The molecule has 1 aliphatic carbocycles. The molecule has 3 atom stereocenters. The van der Waals surface area contributed by atoms with Crippen molar-refractivity contribution in [2.24, 2.45) is 11.8 Å². The van der Waals surface area contributed by atoms with Crippen LogP contribution in [0.3, 0.4) is 0 Å². The van der Waals surface area contributed by atoms with E-state index in [2.05, 4.69) is 25.8 Å². The zero-order valence-electron chi connectivity index (χ0n) is 11.7. The van der Waals surface area contributed by atoms with Crippen molar-refractivity contribution in [2.45, 2.75) is 52.5 Å². The van der Waals surface area contributed by atoms with Gasteiger partial charge in [0.25, 0.3) is 0 Å². The average molecular weight is 241 g/mol. The predicted molar refractivity (Wildman–Crippen MR) is 69.8 cm³/mol. The number of rotatable bonds is 5. The maximum absolute atomic E-state index is 11.3. The van der Waals surface area contributed by atoms with Gasteiger partial charge >= 0.3 is 5.97 Å². The third-order valence-electron chi connectivity index (χ3n) is 4.17. The highest BCUT2D eigenvalue weighted by Crippen LogP contribution is 2.31. The predicted octanol–water partition coefficient (Wildman–Crippen LogP) is 2.70. The van der Waals surface area contributed by atoms with E-state index >= 15 is 0 Å². The molecule has 0 aromatic heterocycles. The summed E-state index contributed by atoms with van der Waals surface area (Å²) in [6, 6.07) is 0.649. The lowest BCUT2D eigenvalue weighted by Crippen LogP contribution is -2.38. The molecule has 0 aromatic rings. The van der Waals surface area contributed by atoms with E-state index in [1.807, 2.05) is 6.92 Å². The van der Waals surface area contributed by atoms with Crippen LogP contribution in [0.5, 0.6) is 0 Å². The summed E-state index contributed by atoms with van der Waals surface area (Å²) in [5.74, 6) is 1.58. The van der Waals surface area contributed by atoms with Crippen LogP contribution in [-0.4, -0.2) is 37.1 Å². The Bertz CT molecular complexity index is 242. The molecule has 0 saturated heterocycles. The molecular formula is C14H27NO2. The highest BCUT2D eigenvalue weighted by molar-refractivity contribution is 5.69. The van der Waals surface area contributed by atoms with Crippen LogP contribution in [0.15, 0.2) is 0 Å². The molecule has 1 fully saturated rings. The number of ether oxygens (including phenoxy) is 1. The van der Waals surface area contributed by atoms with Gasteiger partial charge in [-0.05, 0) is 45.1 Å². The Morgan fingerprint density at radius 2 is 2.00 bits per heavy atom. The topological polar surface area (TPSA) is 29.5 Å². The third kappa shape index (κ3) is 4.66. The van der Waals surface area contributed by atoms with Gasteiger partial charge in [-0.2, -0.15) is 0 Å². The van der Waals surface area contributed by atoms with Crippen LogP contribution in [-0.2, 0) is 9.53 Å². The first-order chi connectivity index (χ1) is 8.04. The maximum Gasteiger partial charge on any atom is 0.307 e. The molecule has 3 nitrogen and oxygen atoms in total. The molecular weight excluding hydrogens is 214 g/mol. The normalized spacial score (nSPS) is 29.4.